The predicted molar refractivity (Wildman–Crippen MR) is 110 cm³/mol. The van der Waals surface area contributed by atoms with E-state index in [0.717, 1.165) is 56.4 Å². The monoisotopic (exact) mass is 477 g/mol. The number of oxazole rings is 1. The Kier molecular flexibility index (Phi) is 8.65. The van der Waals surface area contributed by atoms with Crippen molar-refractivity contribution in [3.8, 4) is 10.8 Å². The Balaban J connectivity index is 0.00000225. The molecule has 1 fully saturated rings. The van der Waals surface area contributed by atoms with Crippen molar-refractivity contribution in [2.75, 3.05) is 39.4 Å². The van der Waals surface area contributed by atoms with Gasteiger partial charge in [-0.15, -0.1) is 35.3 Å². The lowest BCUT2D eigenvalue weighted by Gasteiger charge is -2.26. The van der Waals surface area contributed by atoms with Crippen LogP contribution < -0.4 is 11.1 Å². The van der Waals surface area contributed by atoms with E-state index in [-0.39, 0.29) is 24.0 Å². The molecule has 1 aliphatic heterocycles. The smallest absolute Gasteiger partial charge is 0.236 e. The van der Waals surface area contributed by atoms with Crippen molar-refractivity contribution in [2.45, 2.75) is 13.0 Å². The number of aliphatic imine (C=N–C) groups is 1. The first-order chi connectivity index (χ1) is 11.8. The van der Waals surface area contributed by atoms with Gasteiger partial charge < -0.3 is 20.2 Å². The molecule has 0 saturated carbocycles. The van der Waals surface area contributed by atoms with Crippen molar-refractivity contribution >= 4 is 41.3 Å². The van der Waals surface area contributed by atoms with E-state index in [1.807, 2.05) is 17.5 Å². The second kappa shape index (κ2) is 10.7. The second-order valence-corrected chi connectivity index (χ2v) is 6.50. The summed E-state index contributed by atoms with van der Waals surface area (Å²) in [6.45, 7) is 5.98. The molecule has 0 radical (unpaired) electrons. The molecule has 1 aliphatic rings. The third-order valence-corrected chi connectivity index (χ3v) is 4.61. The third-order valence-electron chi connectivity index (χ3n) is 3.76. The molecule has 138 valence electrons. The molecule has 0 atom stereocenters. The number of morpholine rings is 1. The third kappa shape index (κ3) is 6.57. The molecule has 2 aromatic rings. The van der Waals surface area contributed by atoms with Crippen LogP contribution in [0.5, 0.6) is 0 Å². The molecule has 1 saturated heterocycles. The van der Waals surface area contributed by atoms with Gasteiger partial charge in [0.15, 0.2) is 5.96 Å². The van der Waals surface area contributed by atoms with Crippen LogP contribution >= 0.6 is 35.3 Å². The lowest BCUT2D eigenvalue weighted by atomic mass is 10.3. The number of hydrogen-bond acceptors (Lipinski definition) is 6. The van der Waals surface area contributed by atoms with E-state index in [2.05, 4.69) is 20.2 Å². The summed E-state index contributed by atoms with van der Waals surface area (Å²) in [5, 5.41) is 5.14. The van der Waals surface area contributed by atoms with Crippen LogP contribution in [0.15, 0.2) is 33.2 Å². The largest absolute Gasteiger partial charge is 0.443 e. The van der Waals surface area contributed by atoms with Crippen molar-refractivity contribution in [1.29, 1.82) is 0 Å². The molecule has 9 heteroatoms. The van der Waals surface area contributed by atoms with Gasteiger partial charge in [0, 0.05) is 19.6 Å². The molecule has 3 N–H and O–H groups in total. The van der Waals surface area contributed by atoms with E-state index < -0.39 is 0 Å². The number of halogens is 1. The lowest BCUT2D eigenvalue weighted by molar-refractivity contribution is 0.0376. The Bertz CT molecular complexity index is 641. The highest BCUT2D eigenvalue weighted by molar-refractivity contribution is 14.0. The summed E-state index contributed by atoms with van der Waals surface area (Å²) in [7, 11) is 0. The van der Waals surface area contributed by atoms with Crippen molar-refractivity contribution in [1.82, 2.24) is 15.2 Å². The molecule has 0 aliphatic carbocycles. The topological polar surface area (TPSA) is 88.9 Å². The molecule has 25 heavy (non-hydrogen) atoms. The summed E-state index contributed by atoms with van der Waals surface area (Å²) in [5.41, 5.74) is 6.67. The quantitative estimate of drug-likeness (QED) is 0.275. The molecule has 0 bridgehead atoms. The minimum Gasteiger partial charge on any atom is -0.443 e. The van der Waals surface area contributed by atoms with Gasteiger partial charge in [0.2, 0.25) is 5.89 Å². The zero-order valence-corrected chi connectivity index (χ0v) is 17.2. The number of nitrogens with zero attached hydrogens (tertiary/aromatic N) is 3. The summed E-state index contributed by atoms with van der Waals surface area (Å²) in [5.74, 6) is 1.07. The van der Waals surface area contributed by atoms with Crippen LogP contribution in [0.2, 0.25) is 0 Å². The zero-order valence-electron chi connectivity index (χ0n) is 14.0. The molecule has 0 aromatic carbocycles. The van der Waals surface area contributed by atoms with Gasteiger partial charge in [0.05, 0.1) is 24.6 Å². The number of rotatable bonds is 7. The fraction of sp³-hybridized carbons (Fsp3) is 0.500. The minimum atomic E-state index is 0. The van der Waals surface area contributed by atoms with Gasteiger partial charge in [-0.05, 0) is 24.4 Å². The highest BCUT2D eigenvalue weighted by Gasteiger charge is 2.09. The Labute approximate surface area is 168 Å². The van der Waals surface area contributed by atoms with Crippen molar-refractivity contribution in [2.24, 2.45) is 10.7 Å². The fourth-order valence-corrected chi connectivity index (χ4v) is 3.11. The normalized spacial score (nSPS) is 15.8. The lowest BCUT2D eigenvalue weighted by Crippen LogP contribution is -2.39. The van der Waals surface area contributed by atoms with Gasteiger partial charge in [-0.25, -0.2) is 9.98 Å². The standard InChI is InChI=1S/C16H23N5O2S.HI/c17-16(18-4-2-5-21-6-8-22-9-7-21)19-11-13-12-23-15(20-13)14-3-1-10-24-14;/h1,3,10,12H,2,4-9,11H2,(H3,17,18,19);1H. The predicted octanol–water partition coefficient (Wildman–Crippen LogP) is 2.15. The van der Waals surface area contributed by atoms with Crippen LogP contribution in [-0.2, 0) is 11.3 Å². The van der Waals surface area contributed by atoms with E-state index in [0.29, 0.717) is 18.4 Å². The Morgan fingerprint density at radius 2 is 2.24 bits per heavy atom. The first kappa shape index (κ1) is 20.1. The molecular formula is C16H24IN5O2S. The van der Waals surface area contributed by atoms with Crippen LogP contribution in [-0.4, -0.2) is 55.2 Å². The highest BCUT2D eigenvalue weighted by Crippen LogP contribution is 2.23. The van der Waals surface area contributed by atoms with Gasteiger partial charge in [-0.1, -0.05) is 6.07 Å². The average Bonchev–Trinajstić information content (AvgIpc) is 3.29. The molecule has 0 amide bonds. The van der Waals surface area contributed by atoms with Gasteiger partial charge >= 0.3 is 0 Å². The van der Waals surface area contributed by atoms with Crippen LogP contribution in [0, 0.1) is 0 Å². The van der Waals surface area contributed by atoms with Crippen LogP contribution in [0.4, 0.5) is 0 Å². The Morgan fingerprint density at radius 3 is 3.00 bits per heavy atom. The number of nitrogens with one attached hydrogen (secondary N) is 1. The summed E-state index contributed by atoms with van der Waals surface area (Å²) in [6.07, 6.45) is 2.66. The highest BCUT2D eigenvalue weighted by atomic mass is 127. The molecule has 3 heterocycles. The Hall–Kier alpha value is -1.17. The molecular weight excluding hydrogens is 453 g/mol. The first-order valence-corrected chi connectivity index (χ1v) is 9.01. The number of guanidine groups is 1. The minimum absolute atomic E-state index is 0. The number of thiophene rings is 1. The van der Waals surface area contributed by atoms with Crippen LogP contribution in [0.3, 0.4) is 0 Å². The molecule has 0 unspecified atom stereocenters. The maximum absolute atomic E-state index is 5.89. The second-order valence-electron chi connectivity index (χ2n) is 5.56. The van der Waals surface area contributed by atoms with E-state index >= 15 is 0 Å². The maximum Gasteiger partial charge on any atom is 0.236 e. The van der Waals surface area contributed by atoms with Crippen LogP contribution in [0.1, 0.15) is 12.1 Å². The van der Waals surface area contributed by atoms with Gasteiger partial charge in [-0.2, -0.15) is 0 Å². The van der Waals surface area contributed by atoms with Crippen molar-refractivity contribution in [3.05, 3.63) is 29.5 Å². The van der Waals surface area contributed by atoms with Crippen molar-refractivity contribution in [3.63, 3.8) is 0 Å². The fourth-order valence-electron chi connectivity index (χ4n) is 2.46. The van der Waals surface area contributed by atoms with Crippen molar-refractivity contribution < 1.29 is 9.15 Å². The van der Waals surface area contributed by atoms with Gasteiger partial charge in [0.25, 0.3) is 0 Å². The number of nitrogens with two attached hydrogens (primary N) is 1. The first-order valence-electron chi connectivity index (χ1n) is 8.13. The van der Waals surface area contributed by atoms with Gasteiger partial charge in [0.1, 0.15) is 12.0 Å². The van der Waals surface area contributed by atoms with E-state index in [1.165, 1.54) is 0 Å². The zero-order chi connectivity index (χ0) is 16.6. The molecule has 7 nitrogen and oxygen atoms in total. The van der Waals surface area contributed by atoms with E-state index in [1.54, 1.807) is 17.6 Å². The van der Waals surface area contributed by atoms with Crippen LogP contribution in [0.25, 0.3) is 10.8 Å². The summed E-state index contributed by atoms with van der Waals surface area (Å²) < 4.78 is 10.8. The van der Waals surface area contributed by atoms with E-state index in [9.17, 15) is 0 Å². The summed E-state index contributed by atoms with van der Waals surface area (Å²) >= 11 is 1.60. The average molecular weight is 477 g/mol. The number of ether oxygens (including phenoxy) is 1. The summed E-state index contributed by atoms with van der Waals surface area (Å²) in [4.78, 5) is 12.1. The van der Waals surface area contributed by atoms with E-state index in [4.69, 9.17) is 14.9 Å². The molecule has 3 rings (SSSR count). The van der Waals surface area contributed by atoms with Gasteiger partial charge in [-0.3, -0.25) is 4.90 Å². The number of hydrogen-bond donors (Lipinski definition) is 2. The molecule has 0 spiro atoms. The number of aromatic nitrogens is 1. The maximum atomic E-state index is 5.89. The molecule has 2 aromatic heterocycles. The Morgan fingerprint density at radius 1 is 1.40 bits per heavy atom. The summed E-state index contributed by atoms with van der Waals surface area (Å²) in [6, 6.07) is 3.95. The SMILES string of the molecule is I.NC(=NCc1coc(-c2cccs2)n1)NCCCN1CCOCC1.